The Kier molecular flexibility index (Phi) is 8.73. The molecule has 0 saturated heterocycles. The SMILES string of the molecule is CCCCC(C)(CC)CN(C)C(=O)/C=C/CN(C)C. The summed E-state index contributed by atoms with van der Waals surface area (Å²) >= 11 is 0. The van der Waals surface area contributed by atoms with E-state index in [1.807, 2.05) is 37.0 Å². The molecule has 0 spiro atoms. The number of hydrogen-bond donors (Lipinski definition) is 0. The average molecular weight is 268 g/mol. The molecule has 1 atom stereocenters. The van der Waals surface area contributed by atoms with E-state index in [-0.39, 0.29) is 11.3 Å². The first kappa shape index (κ1) is 18.2. The van der Waals surface area contributed by atoms with Crippen molar-refractivity contribution in [1.82, 2.24) is 9.80 Å². The average Bonchev–Trinajstić information content (AvgIpc) is 2.35. The summed E-state index contributed by atoms with van der Waals surface area (Å²) in [6.45, 7) is 8.37. The van der Waals surface area contributed by atoms with E-state index >= 15 is 0 Å². The minimum Gasteiger partial charge on any atom is -0.342 e. The van der Waals surface area contributed by atoms with E-state index in [0.717, 1.165) is 19.5 Å². The van der Waals surface area contributed by atoms with Gasteiger partial charge in [-0.2, -0.15) is 0 Å². The summed E-state index contributed by atoms with van der Waals surface area (Å²) in [5.74, 6) is 0.109. The Bertz CT molecular complexity index is 286. The minimum atomic E-state index is 0.109. The fraction of sp³-hybridized carbons (Fsp3) is 0.812. The van der Waals surface area contributed by atoms with Crippen molar-refractivity contribution in [2.45, 2.75) is 46.5 Å². The molecule has 3 nitrogen and oxygen atoms in total. The summed E-state index contributed by atoms with van der Waals surface area (Å²) in [5, 5.41) is 0. The molecule has 0 radical (unpaired) electrons. The Morgan fingerprint density at radius 2 is 1.84 bits per heavy atom. The summed E-state index contributed by atoms with van der Waals surface area (Å²) in [7, 11) is 5.90. The van der Waals surface area contributed by atoms with E-state index in [4.69, 9.17) is 0 Å². The highest BCUT2D eigenvalue weighted by Crippen LogP contribution is 2.28. The normalized spacial score (nSPS) is 14.9. The molecule has 0 fully saturated rings. The van der Waals surface area contributed by atoms with Crippen LogP contribution in [0.3, 0.4) is 0 Å². The van der Waals surface area contributed by atoms with Gasteiger partial charge in [0.05, 0.1) is 0 Å². The van der Waals surface area contributed by atoms with E-state index in [0.29, 0.717) is 0 Å². The number of nitrogens with zero attached hydrogens (tertiary/aromatic N) is 2. The van der Waals surface area contributed by atoms with Crippen LogP contribution in [0.1, 0.15) is 46.5 Å². The molecule has 3 heteroatoms. The van der Waals surface area contributed by atoms with Crippen LogP contribution >= 0.6 is 0 Å². The molecule has 112 valence electrons. The lowest BCUT2D eigenvalue weighted by molar-refractivity contribution is -0.126. The number of amides is 1. The highest BCUT2D eigenvalue weighted by atomic mass is 16.2. The third kappa shape index (κ3) is 8.04. The predicted molar refractivity (Wildman–Crippen MR) is 83.3 cm³/mol. The predicted octanol–water partition coefficient (Wildman–Crippen LogP) is 3.17. The van der Waals surface area contributed by atoms with Gasteiger partial charge in [-0.25, -0.2) is 0 Å². The number of unbranched alkanes of at least 4 members (excludes halogenated alkanes) is 1. The zero-order valence-corrected chi connectivity index (χ0v) is 13.7. The number of carbonyl (C=O) groups excluding carboxylic acids is 1. The van der Waals surface area contributed by atoms with Gasteiger partial charge < -0.3 is 9.80 Å². The third-order valence-corrected chi connectivity index (χ3v) is 3.71. The van der Waals surface area contributed by atoms with Gasteiger partial charge in [0.1, 0.15) is 0 Å². The first-order chi connectivity index (χ1) is 8.84. The van der Waals surface area contributed by atoms with Crippen molar-refractivity contribution >= 4 is 5.91 Å². The fourth-order valence-corrected chi connectivity index (χ4v) is 2.11. The van der Waals surface area contributed by atoms with Crippen molar-refractivity contribution in [3.63, 3.8) is 0 Å². The zero-order valence-electron chi connectivity index (χ0n) is 13.7. The van der Waals surface area contributed by atoms with Crippen molar-refractivity contribution in [2.24, 2.45) is 5.41 Å². The van der Waals surface area contributed by atoms with Gasteiger partial charge in [-0.1, -0.05) is 39.7 Å². The molecule has 0 N–H and O–H groups in total. The molecule has 1 amide bonds. The summed E-state index contributed by atoms with van der Waals surface area (Å²) in [4.78, 5) is 15.9. The topological polar surface area (TPSA) is 23.6 Å². The maximum Gasteiger partial charge on any atom is 0.246 e. The minimum absolute atomic E-state index is 0.109. The highest BCUT2D eigenvalue weighted by Gasteiger charge is 2.24. The van der Waals surface area contributed by atoms with Crippen LogP contribution in [0.2, 0.25) is 0 Å². The molecule has 0 aliphatic heterocycles. The second kappa shape index (κ2) is 9.13. The standard InChI is InChI=1S/C16H32N2O/c1-7-9-12-16(3,8-2)14-18(6)15(19)11-10-13-17(4)5/h10-11H,7-9,12-14H2,1-6H3/b11-10+. The molecule has 0 rings (SSSR count). The Morgan fingerprint density at radius 1 is 1.21 bits per heavy atom. The lowest BCUT2D eigenvalue weighted by atomic mass is 9.82. The first-order valence-electron chi connectivity index (χ1n) is 7.41. The van der Waals surface area contributed by atoms with Crippen LogP contribution in [0.15, 0.2) is 12.2 Å². The van der Waals surface area contributed by atoms with Crippen LogP contribution < -0.4 is 0 Å². The van der Waals surface area contributed by atoms with Gasteiger partial charge in [0, 0.05) is 26.2 Å². The van der Waals surface area contributed by atoms with Gasteiger partial charge in [0.15, 0.2) is 0 Å². The third-order valence-electron chi connectivity index (χ3n) is 3.71. The molecule has 0 bridgehead atoms. The maximum absolute atomic E-state index is 12.0. The molecular formula is C16H32N2O. The first-order valence-corrected chi connectivity index (χ1v) is 7.41. The molecule has 0 aromatic heterocycles. The van der Waals surface area contributed by atoms with Crippen LogP contribution in [0.4, 0.5) is 0 Å². The van der Waals surface area contributed by atoms with Crippen molar-refractivity contribution in [3.8, 4) is 0 Å². The van der Waals surface area contributed by atoms with Crippen LogP contribution in [-0.4, -0.2) is 49.9 Å². The van der Waals surface area contributed by atoms with E-state index in [9.17, 15) is 4.79 Å². The lowest BCUT2D eigenvalue weighted by Gasteiger charge is -2.32. The fourth-order valence-electron chi connectivity index (χ4n) is 2.11. The second-order valence-electron chi connectivity index (χ2n) is 6.13. The summed E-state index contributed by atoms with van der Waals surface area (Å²) in [6.07, 6.45) is 8.38. The van der Waals surface area contributed by atoms with Crippen molar-refractivity contribution in [1.29, 1.82) is 0 Å². The van der Waals surface area contributed by atoms with Crippen molar-refractivity contribution < 1.29 is 4.79 Å². The van der Waals surface area contributed by atoms with Crippen molar-refractivity contribution in [2.75, 3.05) is 34.2 Å². The number of carbonyl (C=O) groups is 1. The number of hydrogen-bond acceptors (Lipinski definition) is 2. The largest absolute Gasteiger partial charge is 0.342 e. The van der Waals surface area contributed by atoms with Crippen molar-refractivity contribution in [3.05, 3.63) is 12.2 Å². The highest BCUT2D eigenvalue weighted by molar-refractivity contribution is 5.87. The van der Waals surface area contributed by atoms with Crippen LogP contribution in [0, 0.1) is 5.41 Å². The molecule has 0 heterocycles. The second-order valence-corrected chi connectivity index (χ2v) is 6.13. The summed E-state index contributed by atoms with van der Waals surface area (Å²) in [6, 6.07) is 0. The molecular weight excluding hydrogens is 236 g/mol. The lowest BCUT2D eigenvalue weighted by Crippen LogP contribution is -2.36. The van der Waals surface area contributed by atoms with Gasteiger partial charge in [0.2, 0.25) is 5.91 Å². The van der Waals surface area contributed by atoms with Crippen LogP contribution in [-0.2, 0) is 4.79 Å². The Hall–Kier alpha value is -0.830. The van der Waals surface area contributed by atoms with Gasteiger partial charge >= 0.3 is 0 Å². The number of rotatable bonds is 9. The van der Waals surface area contributed by atoms with Crippen LogP contribution in [0.5, 0.6) is 0 Å². The van der Waals surface area contributed by atoms with E-state index in [1.165, 1.54) is 19.3 Å². The Labute approximate surface area is 119 Å². The molecule has 0 aliphatic carbocycles. The summed E-state index contributed by atoms with van der Waals surface area (Å²) < 4.78 is 0. The van der Waals surface area contributed by atoms with Crippen LogP contribution in [0.25, 0.3) is 0 Å². The maximum atomic E-state index is 12.0. The molecule has 19 heavy (non-hydrogen) atoms. The monoisotopic (exact) mass is 268 g/mol. The van der Waals surface area contributed by atoms with E-state index in [2.05, 4.69) is 20.8 Å². The molecule has 0 aromatic carbocycles. The Morgan fingerprint density at radius 3 is 2.32 bits per heavy atom. The number of likely N-dealkylation sites (N-methyl/N-ethyl adjacent to an activating group) is 2. The summed E-state index contributed by atoms with van der Waals surface area (Å²) in [5.41, 5.74) is 0.246. The molecule has 1 unspecified atom stereocenters. The van der Waals surface area contributed by atoms with Gasteiger partial charge in [-0.05, 0) is 32.4 Å². The smallest absolute Gasteiger partial charge is 0.246 e. The van der Waals surface area contributed by atoms with Gasteiger partial charge in [-0.3, -0.25) is 4.79 Å². The quantitative estimate of drug-likeness (QED) is 0.600. The van der Waals surface area contributed by atoms with Gasteiger partial charge in [-0.15, -0.1) is 0 Å². The van der Waals surface area contributed by atoms with E-state index in [1.54, 1.807) is 6.08 Å². The molecule has 0 aliphatic rings. The molecule has 0 saturated carbocycles. The Balaban J connectivity index is 4.35. The molecule has 0 aromatic rings. The van der Waals surface area contributed by atoms with Gasteiger partial charge in [0.25, 0.3) is 0 Å². The zero-order chi connectivity index (χ0) is 14.9. The van der Waals surface area contributed by atoms with E-state index < -0.39 is 0 Å².